The van der Waals surface area contributed by atoms with Crippen LogP contribution >= 0.6 is 11.6 Å². The van der Waals surface area contributed by atoms with E-state index in [4.69, 9.17) is 11.6 Å². The number of benzene rings is 1. The molecule has 3 rings (SSSR count). The number of piperazine rings is 2. The lowest BCUT2D eigenvalue weighted by Gasteiger charge is -2.55. The van der Waals surface area contributed by atoms with Gasteiger partial charge in [-0.3, -0.25) is 9.69 Å². The van der Waals surface area contributed by atoms with Crippen LogP contribution in [0, 0.1) is 0 Å². The Kier molecular flexibility index (Phi) is 4.19. The van der Waals surface area contributed by atoms with Gasteiger partial charge in [-0.2, -0.15) is 0 Å². The van der Waals surface area contributed by atoms with Crippen molar-refractivity contribution in [2.75, 3.05) is 39.8 Å². The molecule has 0 radical (unpaired) electrons. The zero-order chi connectivity index (χ0) is 15.9. The first kappa shape index (κ1) is 15.8. The zero-order valence-electron chi connectivity index (χ0n) is 13.6. The van der Waals surface area contributed by atoms with Gasteiger partial charge in [0, 0.05) is 54.9 Å². The van der Waals surface area contributed by atoms with E-state index in [1.54, 1.807) is 12.1 Å². The summed E-state index contributed by atoms with van der Waals surface area (Å²) < 4.78 is 0. The van der Waals surface area contributed by atoms with E-state index in [9.17, 15) is 4.79 Å². The van der Waals surface area contributed by atoms with Gasteiger partial charge < -0.3 is 9.80 Å². The maximum Gasteiger partial charge on any atom is 0.253 e. The third kappa shape index (κ3) is 3.00. The summed E-state index contributed by atoms with van der Waals surface area (Å²) in [5.74, 6) is 0.113. The Morgan fingerprint density at radius 2 is 1.86 bits per heavy atom. The second kappa shape index (κ2) is 5.84. The van der Waals surface area contributed by atoms with Crippen LogP contribution in [0.15, 0.2) is 24.3 Å². The van der Waals surface area contributed by atoms with E-state index in [-0.39, 0.29) is 11.4 Å². The van der Waals surface area contributed by atoms with Gasteiger partial charge in [0.2, 0.25) is 0 Å². The molecule has 1 amide bonds. The molecule has 0 aromatic heterocycles. The molecule has 5 heteroatoms. The van der Waals surface area contributed by atoms with Crippen molar-refractivity contribution in [3.05, 3.63) is 34.9 Å². The highest BCUT2D eigenvalue weighted by atomic mass is 35.5. The second-order valence-corrected chi connectivity index (χ2v) is 7.55. The van der Waals surface area contributed by atoms with E-state index < -0.39 is 0 Å². The first-order valence-corrected chi connectivity index (χ1v) is 8.25. The lowest BCUT2D eigenvalue weighted by atomic mass is 9.93. The van der Waals surface area contributed by atoms with Crippen molar-refractivity contribution in [3.8, 4) is 0 Å². The minimum absolute atomic E-state index is 0.113. The van der Waals surface area contributed by atoms with Crippen LogP contribution in [0.1, 0.15) is 24.2 Å². The molecule has 2 saturated heterocycles. The number of fused-ring (bicyclic) bond motifs is 1. The Morgan fingerprint density at radius 1 is 1.18 bits per heavy atom. The summed E-state index contributed by atoms with van der Waals surface area (Å²) in [4.78, 5) is 19.6. The zero-order valence-corrected chi connectivity index (χ0v) is 14.3. The summed E-state index contributed by atoms with van der Waals surface area (Å²) in [6.45, 7) is 9.24. The summed E-state index contributed by atoms with van der Waals surface area (Å²) in [5, 5.41) is 0.664. The third-order valence-electron chi connectivity index (χ3n) is 4.82. The molecule has 120 valence electrons. The maximum atomic E-state index is 12.7. The van der Waals surface area contributed by atoms with Crippen LogP contribution in [-0.2, 0) is 0 Å². The van der Waals surface area contributed by atoms with Crippen LogP contribution in [0.4, 0.5) is 0 Å². The Bertz CT molecular complexity index is 558. The average Bonchev–Trinajstić information content (AvgIpc) is 2.45. The van der Waals surface area contributed by atoms with Crippen molar-refractivity contribution in [1.29, 1.82) is 0 Å². The summed E-state index contributed by atoms with van der Waals surface area (Å²) >= 11 is 5.90. The minimum Gasteiger partial charge on any atom is -0.336 e. The van der Waals surface area contributed by atoms with Crippen molar-refractivity contribution in [1.82, 2.24) is 14.7 Å². The predicted octanol–water partition coefficient (Wildman–Crippen LogP) is 2.19. The van der Waals surface area contributed by atoms with Gasteiger partial charge >= 0.3 is 0 Å². The van der Waals surface area contributed by atoms with Gasteiger partial charge in [-0.1, -0.05) is 11.6 Å². The van der Waals surface area contributed by atoms with Gasteiger partial charge in [-0.15, -0.1) is 0 Å². The normalized spacial score (nSPS) is 25.8. The molecule has 0 saturated carbocycles. The minimum atomic E-state index is 0.113. The Hall–Kier alpha value is -1.10. The number of amides is 1. The molecule has 0 spiro atoms. The molecule has 2 fully saturated rings. The number of hydrogen-bond acceptors (Lipinski definition) is 3. The summed E-state index contributed by atoms with van der Waals surface area (Å²) in [5.41, 5.74) is 0.897. The van der Waals surface area contributed by atoms with Crippen molar-refractivity contribution in [2.45, 2.75) is 25.4 Å². The van der Waals surface area contributed by atoms with Crippen LogP contribution < -0.4 is 0 Å². The van der Waals surface area contributed by atoms with Crippen LogP contribution in [0.3, 0.4) is 0 Å². The van der Waals surface area contributed by atoms with Gasteiger partial charge in [-0.25, -0.2) is 0 Å². The second-order valence-electron chi connectivity index (χ2n) is 7.11. The Labute approximate surface area is 137 Å². The van der Waals surface area contributed by atoms with E-state index in [1.807, 2.05) is 17.0 Å². The van der Waals surface area contributed by atoms with Gasteiger partial charge in [0.1, 0.15) is 0 Å². The third-order valence-corrected chi connectivity index (χ3v) is 5.07. The highest BCUT2D eigenvalue weighted by Crippen LogP contribution is 2.27. The van der Waals surface area contributed by atoms with Crippen molar-refractivity contribution in [3.63, 3.8) is 0 Å². The number of nitrogens with zero attached hydrogens (tertiary/aromatic N) is 3. The van der Waals surface area contributed by atoms with Crippen molar-refractivity contribution < 1.29 is 4.79 Å². The number of halogens is 1. The van der Waals surface area contributed by atoms with Crippen LogP contribution in [-0.4, -0.2) is 72.0 Å². The van der Waals surface area contributed by atoms with E-state index >= 15 is 0 Å². The topological polar surface area (TPSA) is 26.8 Å². The fourth-order valence-corrected chi connectivity index (χ4v) is 4.07. The van der Waals surface area contributed by atoms with E-state index in [0.29, 0.717) is 11.1 Å². The molecule has 1 aromatic rings. The van der Waals surface area contributed by atoms with E-state index in [0.717, 1.165) is 38.3 Å². The number of rotatable bonds is 1. The van der Waals surface area contributed by atoms with Gasteiger partial charge in [0.05, 0.1) is 0 Å². The molecule has 1 atom stereocenters. The molecule has 0 aliphatic carbocycles. The molecule has 4 nitrogen and oxygen atoms in total. The summed E-state index contributed by atoms with van der Waals surface area (Å²) in [7, 11) is 2.17. The highest BCUT2D eigenvalue weighted by molar-refractivity contribution is 6.30. The molecule has 22 heavy (non-hydrogen) atoms. The standard InChI is InChI=1S/C17H24ClN3O/c1-17(2)12-19(3)10-15-11-20(8-9-21(15)17)16(22)13-4-6-14(18)7-5-13/h4-7,15H,8-12H2,1-3H3/t15-/m1/s1. The first-order chi connectivity index (χ1) is 10.4. The lowest BCUT2D eigenvalue weighted by Crippen LogP contribution is -2.69. The number of likely N-dealkylation sites (N-methyl/N-ethyl adjacent to an activating group) is 1. The molecular formula is C17H24ClN3O. The largest absolute Gasteiger partial charge is 0.336 e. The Morgan fingerprint density at radius 3 is 2.55 bits per heavy atom. The van der Waals surface area contributed by atoms with Crippen LogP contribution in [0.5, 0.6) is 0 Å². The SMILES string of the molecule is CN1C[C@@H]2CN(C(=O)c3ccc(Cl)cc3)CCN2C(C)(C)C1. The highest BCUT2D eigenvalue weighted by Gasteiger charge is 2.42. The van der Waals surface area contributed by atoms with E-state index in [1.165, 1.54) is 0 Å². The number of carbonyl (C=O) groups is 1. The number of hydrogen-bond donors (Lipinski definition) is 0. The fraction of sp³-hybridized carbons (Fsp3) is 0.588. The predicted molar refractivity (Wildman–Crippen MR) is 89.4 cm³/mol. The average molecular weight is 322 g/mol. The van der Waals surface area contributed by atoms with Crippen molar-refractivity contribution in [2.24, 2.45) is 0 Å². The lowest BCUT2D eigenvalue weighted by molar-refractivity contribution is -0.0518. The van der Waals surface area contributed by atoms with Gasteiger partial charge in [0.15, 0.2) is 0 Å². The van der Waals surface area contributed by atoms with Crippen LogP contribution in [0.2, 0.25) is 5.02 Å². The monoisotopic (exact) mass is 321 g/mol. The first-order valence-electron chi connectivity index (χ1n) is 7.87. The maximum absolute atomic E-state index is 12.7. The van der Waals surface area contributed by atoms with Gasteiger partial charge in [0.25, 0.3) is 5.91 Å². The van der Waals surface area contributed by atoms with Gasteiger partial charge in [-0.05, 0) is 45.2 Å². The fourth-order valence-electron chi connectivity index (χ4n) is 3.94. The summed E-state index contributed by atoms with van der Waals surface area (Å²) in [6, 6.07) is 7.60. The molecule has 0 unspecified atom stereocenters. The quantitative estimate of drug-likeness (QED) is 0.793. The molecule has 2 aliphatic rings. The number of carbonyl (C=O) groups excluding carboxylic acids is 1. The molecule has 2 heterocycles. The van der Waals surface area contributed by atoms with Crippen molar-refractivity contribution >= 4 is 17.5 Å². The molecule has 2 aliphatic heterocycles. The molecule has 0 bridgehead atoms. The van der Waals surface area contributed by atoms with E-state index in [2.05, 4.69) is 30.7 Å². The molecule has 1 aromatic carbocycles. The Balaban J connectivity index is 1.73. The molecule has 0 N–H and O–H groups in total. The van der Waals surface area contributed by atoms with Crippen LogP contribution in [0.25, 0.3) is 0 Å². The summed E-state index contributed by atoms with van der Waals surface area (Å²) in [6.07, 6.45) is 0. The smallest absolute Gasteiger partial charge is 0.253 e. The molecular weight excluding hydrogens is 298 g/mol.